The van der Waals surface area contributed by atoms with Gasteiger partial charge in [0.1, 0.15) is 24.3 Å². The third-order valence-corrected chi connectivity index (χ3v) is 6.16. The molecule has 3 aromatic rings. The highest BCUT2D eigenvalue weighted by molar-refractivity contribution is 5.73. The Labute approximate surface area is 197 Å². The number of piperidine rings is 1. The summed E-state index contributed by atoms with van der Waals surface area (Å²) in [5.41, 5.74) is 1.86. The van der Waals surface area contributed by atoms with Crippen molar-refractivity contribution in [1.82, 2.24) is 4.90 Å². The van der Waals surface area contributed by atoms with Crippen LogP contribution in [0.2, 0.25) is 0 Å². The number of carboxylic acid groups (broad SMARTS) is 1. The maximum absolute atomic E-state index is 15.0. The molecule has 1 heterocycles. The predicted octanol–water partition coefficient (Wildman–Crippen LogP) is 5.58. The lowest BCUT2D eigenvalue weighted by Gasteiger charge is -2.39. The molecule has 178 valence electrons. The fourth-order valence-corrected chi connectivity index (χ4v) is 4.51. The van der Waals surface area contributed by atoms with Gasteiger partial charge in [-0.25, -0.2) is 8.78 Å². The molecule has 1 N–H and O–H groups in total. The van der Waals surface area contributed by atoms with Crippen LogP contribution in [0, 0.1) is 11.6 Å². The standard InChI is InChI=1S/C27H27F2NO4/c1-33-25-15-19(10-13-24(25)34-17-18-7-3-2-4-8-18)26(21-12-11-20(28)16-22(21)29)30-14-6-5-9-23(30)27(31)32/h2-4,7-8,10-13,15-16,23,26H,5-6,9,14,17H2,1H3,(H,31,32). The van der Waals surface area contributed by atoms with Gasteiger partial charge in [-0.15, -0.1) is 0 Å². The van der Waals surface area contributed by atoms with Crippen LogP contribution < -0.4 is 9.47 Å². The van der Waals surface area contributed by atoms with E-state index in [1.54, 1.807) is 23.1 Å². The maximum Gasteiger partial charge on any atom is 0.320 e. The van der Waals surface area contributed by atoms with E-state index in [1.165, 1.54) is 19.2 Å². The Morgan fingerprint density at radius 3 is 2.56 bits per heavy atom. The first kappa shape index (κ1) is 23.7. The number of hydrogen-bond donors (Lipinski definition) is 1. The van der Waals surface area contributed by atoms with Gasteiger partial charge in [0, 0.05) is 11.6 Å². The number of nitrogens with zero attached hydrogens (tertiary/aromatic N) is 1. The molecule has 0 amide bonds. The number of carboxylic acids is 1. The lowest BCUT2D eigenvalue weighted by molar-refractivity contribution is -0.145. The summed E-state index contributed by atoms with van der Waals surface area (Å²) in [6.07, 6.45) is 2.03. The molecule has 1 fully saturated rings. The van der Waals surface area contributed by atoms with Crippen LogP contribution in [0.5, 0.6) is 11.5 Å². The van der Waals surface area contributed by atoms with E-state index in [2.05, 4.69) is 0 Å². The minimum absolute atomic E-state index is 0.217. The molecule has 1 aliphatic heterocycles. The lowest BCUT2D eigenvalue weighted by atomic mass is 9.91. The highest BCUT2D eigenvalue weighted by Crippen LogP contribution is 2.39. The molecule has 0 bridgehead atoms. The summed E-state index contributed by atoms with van der Waals surface area (Å²) in [7, 11) is 1.52. The summed E-state index contributed by atoms with van der Waals surface area (Å²) in [5.74, 6) is -1.40. The molecular formula is C27H27F2NO4. The Bertz CT molecular complexity index is 1140. The largest absolute Gasteiger partial charge is 0.493 e. The predicted molar refractivity (Wildman–Crippen MR) is 124 cm³/mol. The minimum Gasteiger partial charge on any atom is -0.493 e. The van der Waals surface area contributed by atoms with E-state index in [0.717, 1.165) is 24.5 Å². The second kappa shape index (κ2) is 10.7. The van der Waals surface area contributed by atoms with E-state index < -0.39 is 29.7 Å². The lowest BCUT2D eigenvalue weighted by Crippen LogP contribution is -2.47. The number of ether oxygens (including phenoxy) is 2. The topological polar surface area (TPSA) is 59.0 Å². The van der Waals surface area contributed by atoms with Gasteiger partial charge in [0.25, 0.3) is 0 Å². The monoisotopic (exact) mass is 467 g/mol. The third-order valence-electron chi connectivity index (χ3n) is 6.16. The van der Waals surface area contributed by atoms with Crippen LogP contribution in [0.4, 0.5) is 8.78 Å². The fourth-order valence-electron chi connectivity index (χ4n) is 4.51. The quantitative estimate of drug-likeness (QED) is 0.469. The second-order valence-corrected chi connectivity index (χ2v) is 8.34. The fraction of sp³-hybridized carbons (Fsp3) is 0.296. The zero-order chi connectivity index (χ0) is 24.1. The van der Waals surface area contributed by atoms with E-state index in [0.29, 0.717) is 36.6 Å². The van der Waals surface area contributed by atoms with Crippen molar-refractivity contribution >= 4 is 5.97 Å². The van der Waals surface area contributed by atoms with Crippen LogP contribution in [0.15, 0.2) is 66.7 Å². The Morgan fingerprint density at radius 1 is 1.06 bits per heavy atom. The number of hydrogen-bond acceptors (Lipinski definition) is 4. The van der Waals surface area contributed by atoms with Crippen molar-refractivity contribution in [3.8, 4) is 11.5 Å². The van der Waals surface area contributed by atoms with Gasteiger partial charge in [-0.1, -0.05) is 48.9 Å². The molecule has 1 saturated heterocycles. The number of aliphatic carboxylic acids is 1. The van der Waals surface area contributed by atoms with Crippen molar-refractivity contribution in [3.05, 3.63) is 95.1 Å². The second-order valence-electron chi connectivity index (χ2n) is 8.34. The summed E-state index contributed by atoms with van der Waals surface area (Å²) in [5, 5.41) is 9.85. The Balaban J connectivity index is 1.72. The summed E-state index contributed by atoms with van der Waals surface area (Å²) >= 11 is 0. The molecule has 1 aliphatic rings. The number of methoxy groups -OCH3 is 1. The first-order valence-corrected chi connectivity index (χ1v) is 11.3. The van der Waals surface area contributed by atoms with Crippen molar-refractivity contribution in [2.45, 2.75) is 38.0 Å². The Morgan fingerprint density at radius 2 is 1.85 bits per heavy atom. The number of benzene rings is 3. The minimum atomic E-state index is -0.956. The van der Waals surface area contributed by atoms with Gasteiger partial charge in [-0.05, 0) is 48.7 Å². The smallest absolute Gasteiger partial charge is 0.320 e. The number of likely N-dealkylation sites (tertiary alicyclic amines) is 1. The zero-order valence-corrected chi connectivity index (χ0v) is 18.9. The number of carbonyl (C=O) groups is 1. The molecule has 3 aromatic carbocycles. The van der Waals surface area contributed by atoms with E-state index in [-0.39, 0.29) is 5.56 Å². The van der Waals surface area contributed by atoms with Crippen molar-refractivity contribution in [3.63, 3.8) is 0 Å². The molecule has 34 heavy (non-hydrogen) atoms. The van der Waals surface area contributed by atoms with E-state index in [4.69, 9.17) is 9.47 Å². The van der Waals surface area contributed by atoms with E-state index in [9.17, 15) is 18.7 Å². The number of rotatable bonds is 8. The van der Waals surface area contributed by atoms with Crippen LogP contribution in [0.25, 0.3) is 0 Å². The van der Waals surface area contributed by atoms with Gasteiger partial charge in [0.2, 0.25) is 0 Å². The highest BCUT2D eigenvalue weighted by Gasteiger charge is 2.36. The van der Waals surface area contributed by atoms with Crippen LogP contribution >= 0.6 is 0 Å². The summed E-state index contributed by atoms with van der Waals surface area (Å²) in [6, 6.07) is 16.9. The maximum atomic E-state index is 15.0. The van der Waals surface area contributed by atoms with Crippen LogP contribution in [0.1, 0.15) is 42.0 Å². The Kier molecular flexibility index (Phi) is 7.43. The molecular weight excluding hydrogens is 440 g/mol. The molecule has 5 nitrogen and oxygen atoms in total. The van der Waals surface area contributed by atoms with Crippen molar-refractivity contribution < 1.29 is 28.2 Å². The molecule has 4 rings (SSSR count). The SMILES string of the molecule is COc1cc(C(c2ccc(F)cc2F)N2CCCCC2C(=O)O)ccc1OCc1ccccc1. The van der Waals surface area contributed by atoms with Crippen molar-refractivity contribution in [2.75, 3.05) is 13.7 Å². The van der Waals surface area contributed by atoms with Crippen LogP contribution in [0.3, 0.4) is 0 Å². The average molecular weight is 468 g/mol. The zero-order valence-electron chi connectivity index (χ0n) is 18.9. The Hall–Kier alpha value is -3.45. The van der Waals surface area contributed by atoms with Gasteiger partial charge >= 0.3 is 5.97 Å². The molecule has 2 atom stereocenters. The highest BCUT2D eigenvalue weighted by atomic mass is 19.1. The molecule has 7 heteroatoms. The average Bonchev–Trinajstić information content (AvgIpc) is 2.85. The molecule has 0 saturated carbocycles. The summed E-state index contributed by atoms with van der Waals surface area (Å²) < 4.78 is 40.1. The molecule has 0 radical (unpaired) electrons. The van der Waals surface area contributed by atoms with Crippen molar-refractivity contribution in [1.29, 1.82) is 0 Å². The van der Waals surface area contributed by atoms with Gasteiger partial charge in [-0.2, -0.15) is 0 Å². The van der Waals surface area contributed by atoms with Gasteiger partial charge in [0.05, 0.1) is 13.2 Å². The summed E-state index contributed by atoms with van der Waals surface area (Å²) in [4.78, 5) is 13.8. The van der Waals surface area contributed by atoms with Gasteiger partial charge < -0.3 is 14.6 Å². The van der Waals surface area contributed by atoms with Crippen LogP contribution in [-0.2, 0) is 11.4 Å². The summed E-state index contributed by atoms with van der Waals surface area (Å²) in [6.45, 7) is 0.826. The molecule has 0 aromatic heterocycles. The first-order chi connectivity index (χ1) is 16.5. The van der Waals surface area contributed by atoms with Gasteiger partial charge in [0.15, 0.2) is 11.5 Å². The van der Waals surface area contributed by atoms with Gasteiger partial charge in [-0.3, -0.25) is 9.69 Å². The normalized spacial score (nSPS) is 17.2. The van der Waals surface area contributed by atoms with Crippen molar-refractivity contribution in [2.24, 2.45) is 0 Å². The van der Waals surface area contributed by atoms with E-state index >= 15 is 0 Å². The third kappa shape index (κ3) is 5.20. The first-order valence-electron chi connectivity index (χ1n) is 11.3. The molecule has 0 aliphatic carbocycles. The number of halogens is 2. The molecule has 2 unspecified atom stereocenters. The van der Waals surface area contributed by atoms with Crippen LogP contribution in [-0.4, -0.2) is 35.7 Å². The molecule has 0 spiro atoms. The van der Waals surface area contributed by atoms with E-state index in [1.807, 2.05) is 30.3 Å².